The van der Waals surface area contributed by atoms with Crippen molar-refractivity contribution in [3.63, 3.8) is 0 Å². The first kappa shape index (κ1) is 14.1. The smallest absolute Gasteiger partial charge is 0.129 e. The lowest BCUT2D eigenvalue weighted by atomic mass is 10.0. The number of aromatic nitrogens is 3. The minimum atomic E-state index is 0.613. The summed E-state index contributed by atoms with van der Waals surface area (Å²) in [4.78, 5) is 4.04. The first-order valence-corrected chi connectivity index (χ1v) is 7.43. The highest BCUT2D eigenvalue weighted by molar-refractivity contribution is 9.10. The molecule has 0 aliphatic rings. The van der Waals surface area contributed by atoms with E-state index in [9.17, 15) is 0 Å². The molecule has 106 valence electrons. The Bertz CT molecular complexity index is 799. The van der Waals surface area contributed by atoms with Gasteiger partial charge in [0.1, 0.15) is 11.5 Å². The summed E-state index contributed by atoms with van der Waals surface area (Å²) in [5.41, 5.74) is 9.83. The van der Waals surface area contributed by atoms with Crippen LogP contribution >= 0.6 is 27.5 Å². The van der Waals surface area contributed by atoms with Crippen molar-refractivity contribution in [1.29, 1.82) is 0 Å². The largest absolute Gasteiger partial charge is 0.383 e. The van der Waals surface area contributed by atoms with E-state index in [-0.39, 0.29) is 0 Å². The van der Waals surface area contributed by atoms with Gasteiger partial charge in [-0.3, -0.25) is 9.67 Å². The molecule has 0 spiro atoms. The standard InChI is InChI=1S/C15H12BrClN4/c1-21-15(18)13(9-4-6-19-7-5-9)14(20-21)10-2-3-12(17)11(16)8-10/h2-8H,18H2,1H3. The molecule has 21 heavy (non-hydrogen) atoms. The maximum atomic E-state index is 6.18. The van der Waals surface area contributed by atoms with Crippen LogP contribution in [-0.2, 0) is 7.05 Å². The zero-order chi connectivity index (χ0) is 15.0. The molecule has 0 amide bonds. The second-order valence-electron chi connectivity index (χ2n) is 4.60. The third-order valence-corrected chi connectivity index (χ3v) is 4.47. The Morgan fingerprint density at radius 3 is 2.52 bits per heavy atom. The van der Waals surface area contributed by atoms with Crippen molar-refractivity contribution in [1.82, 2.24) is 14.8 Å². The van der Waals surface area contributed by atoms with E-state index in [0.29, 0.717) is 10.8 Å². The third kappa shape index (κ3) is 2.54. The van der Waals surface area contributed by atoms with Gasteiger partial charge in [-0.15, -0.1) is 0 Å². The number of nitrogen functional groups attached to an aromatic ring is 1. The predicted octanol–water partition coefficient (Wildman–Crippen LogP) is 4.15. The molecule has 0 saturated carbocycles. The summed E-state index contributed by atoms with van der Waals surface area (Å²) in [6.45, 7) is 0. The van der Waals surface area contributed by atoms with Crippen molar-refractivity contribution < 1.29 is 0 Å². The summed E-state index contributed by atoms with van der Waals surface area (Å²) in [7, 11) is 1.83. The molecule has 0 aliphatic carbocycles. The highest BCUT2D eigenvalue weighted by Gasteiger charge is 2.17. The zero-order valence-corrected chi connectivity index (χ0v) is 13.6. The Morgan fingerprint density at radius 2 is 1.86 bits per heavy atom. The summed E-state index contributed by atoms with van der Waals surface area (Å²) < 4.78 is 2.50. The molecule has 3 aromatic rings. The highest BCUT2D eigenvalue weighted by atomic mass is 79.9. The van der Waals surface area contributed by atoms with Crippen molar-refractivity contribution in [2.75, 3.05) is 5.73 Å². The van der Waals surface area contributed by atoms with Gasteiger partial charge in [-0.1, -0.05) is 17.7 Å². The van der Waals surface area contributed by atoms with Crippen LogP contribution < -0.4 is 5.73 Å². The number of pyridine rings is 1. The van der Waals surface area contributed by atoms with Crippen molar-refractivity contribution in [2.45, 2.75) is 0 Å². The van der Waals surface area contributed by atoms with Gasteiger partial charge in [-0.05, 0) is 45.8 Å². The number of aryl methyl sites for hydroxylation is 1. The SMILES string of the molecule is Cn1nc(-c2ccc(Cl)c(Br)c2)c(-c2ccncc2)c1N. The Kier molecular flexibility index (Phi) is 3.69. The quantitative estimate of drug-likeness (QED) is 0.744. The van der Waals surface area contributed by atoms with Gasteiger partial charge in [0.15, 0.2) is 0 Å². The van der Waals surface area contributed by atoms with Crippen LogP contribution in [0.5, 0.6) is 0 Å². The lowest BCUT2D eigenvalue weighted by molar-refractivity contribution is 0.782. The maximum absolute atomic E-state index is 6.18. The molecule has 0 unspecified atom stereocenters. The van der Waals surface area contributed by atoms with Gasteiger partial charge in [-0.25, -0.2) is 0 Å². The number of hydrogen-bond acceptors (Lipinski definition) is 3. The fraction of sp³-hybridized carbons (Fsp3) is 0.0667. The fourth-order valence-corrected chi connectivity index (χ4v) is 2.68. The van der Waals surface area contributed by atoms with Crippen molar-refractivity contribution in [3.8, 4) is 22.4 Å². The second-order valence-corrected chi connectivity index (χ2v) is 5.86. The first-order chi connectivity index (χ1) is 10.1. The zero-order valence-electron chi connectivity index (χ0n) is 11.2. The van der Waals surface area contributed by atoms with Crippen LogP contribution in [0.4, 0.5) is 5.82 Å². The van der Waals surface area contributed by atoms with Crippen molar-refractivity contribution in [3.05, 3.63) is 52.2 Å². The molecule has 2 N–H and O–H groups in total. The Hall–Kier alpha value is -1.85. The number of anilines is 1. The molecule has 3 rings (SSSR count). The monoisotopic (exact) mass is 362 g/mol. The normalized spacial score (nSPS) is 10.8. The van der Waals surface area contributed by atoms with Crippen LogP contribution in [0.1, 0.15) is 0 Å². The number of benzene rings is 1. The Balaban J connectivity index is 2.24. The number of rotatable bonds is 2. The first-order valence-electron chi connectivity index (χ1n) is 6.26. The summed E-state index contributed by atoms with van der Waals surface area (Å²) in [6, 6.07) is 9.54. The maximum Gasteiger partial charge on any atom is 0.129 e. The van der Waals surface area contributed by atoms with Crippen LogP contribution in [0.3, 0.4) is 0 Å². The lowest BCUT2D eigenvalue weighted by Crippen LogP contribution is -1.97. The van der Waals surface area contributed by atoms with E-state index in [1.807, 2.05) is 37.4 Å². The average molecular weight is 364 g/mol. The van der Waals surface area contributed by atoms with Crippen LogP contribution in [0.25, 0.3) is 22.4 Å². The van der Waals surface area contributed by atoms with E-state index in [0.717, 1.165) is 26.9 Å². The van der Waals surface area contributed by atoms with Gasteiger partial charge >= 0.3 is 0 Å². The molecular weight excluding hydrogens is 352 g/mol. The molecule has 1 aromatic carbocycles. The van der Waals surface area contributed by atoms with Gasteiger partial charge in [0.05, 0.1) is 10.6 Å². The van der Waals surface area contributed by atoms with Crippen LogP contribution in [-0.4, -0.2) is 14.8 Å². The fourth-order valence-electron chi connectivity index (χ4n) is 2.19. The molecule has 0 radical (unpaired) electrons. The molecule has 0 bridgehead atoms. The van der Waals surface area contributed by atoms with Crippen LogP contribution in [0.2, 0.25) is 5.02 Å². The van der Waals surface area contributed by atoms with Crippen molar-refractivity contribution in [2.24, 2.45) is 7.05 Å². The molecular formula is C15H12BrClN4. The molecule has 2 heterocycles. The summed E-state index contributed by atoms with van der Waals surface area (Å²) >= 11 is 9.50. The number of hydrogen-bond donors (Lipinski definition) is 1. The molecule has 6 heteroatoms. The van der Waals surface area contributed by atoms with Crippen molar-refractivity contribution >= 4 is 33.3 Å². The van der Waals surface area contributed by atoms with Gasteiger partial charge in [0.25, 0.3) is 0 Å². The van der Waals surface area contributed by atoms with E-state index in [1.54, 1.807) is 17.1 Å². The van der Waals surface area contributed by atoms with Crippen LogP contribution in [0, 0.1) is 0 Å². The summed E-state index contributed by atoms with van der Waals surface area (Å²) in [5.74, 6) is 0.613. The Morgan fingerprint density at radius 1 is 1.14 bits per heavy atom. The molecule has 0 aliphatic heterocycles. The minimum Gasteiger partial charge on any atom is -0.383 e. The average Bonchev–Trinajstić information content (AvgIpc) is 2.79. The third-order valence-electron chi connectivity index (χ3n) is 3.25. The van der Waals surface area contributed by atoms with Gasteiger partial charge < -0.3 is 5.73 Å². The van der Waals surface area contributed by atoms with Crippen LogP contribution in [0.15, 0.2) is 47.2 Å². The summed E-state index contributed by atoms with van der Waals surface area (Å²) in [5, 5.41) is 5.20. The molecule has 0 saturated heterocycles. The molecule has 0 fully saturated rings. The van der Waals surface area contributed by atoms with Gasteiger partial charge in [0.2, 0.25) is 0 Å². The lowest BCUT2D eigenvalue weighted by Gasteiger charge is -2.05. The van der Waals surface area contributed by atoms with E-state index >= 15 is 0 Å². The number of halogens is 2. The number of nitrogens with two attached hydrogens (primary N) is 1. The van der Waals surface area contributed by atoms with E-state index in [1.165, 1.54) is 0 Å². The second kappa shape index (κ2) is 5.50. The van der Waals surface area contributed by atoms with E-state index < -0.39 is 0 Å². The van der Waals surface area contributed by atoms with Gasteiger partial charge in [0, 0.05) is 29.5 Å². The van der Waals surface area contributed by atoms with E-state index in [2.05, 4.69) is 26.0 Å². The molecule has 0 atom stereocenters. The van der Waals surface area contributed by atoms with E-state index in [4.69, 9.17) is 17.3 Å². The summed E-state index contributed by atoms with van der Waals surface area (Å²) in [6.07, 6.45) is 3.48. The molecule has 2 aromatic heterocycles. The Labute approximate surface area is 135 Å². The highest BCUT2D eigenvalue weighted by Crippen LogP contribution is 2.37. The minimum absolute atomic E-state index is 0.613. The molecule has 4 nitrogen and oxygen atoms in total. The topological polar surface area (TPSA) is 56.7 Å². The predicted molar refractivity (Wildman–Crippen MR) is 89.0 cm³/mol. The van der Waals surface area contributed by atoms with Gasteiger partial charge in [-0.2, -0.15) is 5.10 Å². The number of nitrogens with zero attached hydrogens (tertiary/aromatic N) is 3.